The van der Waals surface area contributed by atoms with Crippen molar-refractivity contribution in [3.05, 3.63) is 0 Å². The van der Waals surface area contributed by atoms with Crippen LogP contribution in [-0.4, -0.2) is 18.1 Å². The molecular weight excluding hydrogens is 138 g/mol. The van der Waals surface area contributed by atoms with E-state index < -0.39 is 0 Å². The number of rotatable bonds is 2. The average Bonchev–Trinajstić information content (AvgIpc) is 2.00. The zero-order valence-corrected chi connectivity index (χ0v) is 6.79. The van der Waals surface area contributed by atoms with E-state index in [-0.39, 0.29) is 11.6 Å². The Balaban J connectivity index is 1.90. The number of hydrogen-bond donors (Lipinski definition) is 3. The molecule has 3 heteroatoms. The molecule has 0 saturated heterocycles. The molecule has 0 aromatic carbocycles. The van der Waals surface area contributed by atoms with Crippen molar-refractivity contribution in [1.29, 1.82) is 0 Å². The molecule has 0 aliphatic heterocycles. The molecule has 3 nitrogen and oxygen atoms in total. The molecule has 0 spiro atoms. The van der Waals surface area contributed by atoms with Crippen molar-refractivity contribution < 1.29 is 0 Å². The molecule has 4 atom stereocenters. The maximum Gasteiger partial charge on any atom is 0.0342 e. The third-order valence-corrected chi connectivity index (χ3v) is 3.61. The van der Waals surface area contributed by atoms with E-state index in [2.05, 4.69) is 0 Å². The fourth-order valence-electron chi connectivity index (χ4n) is 2.71. The summed E-state index contributed by atoms with van der Waals surface area (Å²) in [7, 11) is 0. The molecule has 0 bridgehead atoms. The molecule has 2 saturated carbocycles. The van der Waals surface area contributed by atoms with Crippen molar-refractivity contribution in [3.63, 3.8) is 0 Å². The minimum Gasteiger partial charge on any atom is -0.330 e. The molecule has 0 aromatic rings. The second-order valence-electron chi connectivity index (χ2n) is 4.10. The van der Waals surface area contributed by atoms with Crippen LogP contribution in [0.25, 0.3) is 0 Å². The highest BCUT2D eigenvalue weighted by atomic mass is 15.0. The van der Waals surface area contributed by atoms with Crippen LogP contribution in [0.4, 0.5) is 0 Å². The number of fused-ring (bicyclic) bond motifs is 1. The Morgan fingerprint density at radius 3 is 2.55 bits per heavy atom. The normalized spacial score (nSPS) is 54.3. The third-order valence-electron chi connectivity index (χ3n) is 3.61. The van der Waals surface area contributed by atoms with Crippen LogP contribution >= 0.6 is 0 Å². The first kappa shape index (κ1) is 7.53. The molecule has 2 fully saturated rings. The minimum absolute atomic E-state index is 0.0137. The standard InChI is InChI=1S/C8H17N3/c9-2-1-5-4-8(11)6(5)3-7(8)10/h5-7H,1-4,9-11H2. The molecule has 0 radical (unpaired) electrons. The van der Waals surface area contributed by atoms with Crippen LogP contribution in [0, 0.1) is 11.8 Å². The molecule has 2 rings (SSSR count). The van der Waals surface area contributed by atoms with Gasteiger partial charge in [-0.2, -0.15) is 0 Å². The first-order valence-electron chi connectivity index (χ1n) is 4.43. The fraction of sp³-hybridized carbons (Fsp3) is 1.00. The summed E-state index contributed by atoms with van der Waals surface area (Å²) in [5, 5.41) is 0. The Bertz CT molecular complexity index is 171. The summed E-state index contributed by atoms with van der Waals surface area (Å²) in [6.45, 7) is 0.798. The predicted molar refractivity (Wildman–Crippen MR) is 44.8 cm³/mol. The van der Waals surface area contributed by atoms with Crippen molar-refractivity contribution in [2.24, 2.45) is 29.0 Å². The Hall–Kier alpha value is -0.120. The molecule has 0 amide bonds. The van der Waals surface area contributed by atoms with Gasteiger partial charge in [0.25, 0.3) is 0 Å². The minimum atomic E-state index is 0.0137. The van der Waals surface area contributed by atoms with Crippen molar-refractivity contribution in [1.82, 2.24) is 0 Å². The van der Waals surface area contributed by atoms with Gasteiger partial charge in [0.15, 0.2) is 0 Å². The highest BCUT2D eigenvalue weighted by Crippen LogP contribution is 2.56. The van der Waals surface area contributed by atoms with Gasteiger partial charge < -0.3 is 17.2 Å². The van der Waals surface area contributed by atoms with Crippen molar-refractivity contribution in [3.8, 4) is 0 Å². The summed E-state index contributed by atoms with van der Waals surface area (Å²) in [6, 6.07) is 0.265. The molecule has 0 aromatic heterocycles. The molecule has 0 heterocycles. The fourth-order valence-corrected chi connectivity index (χ4v) is 2.71. The lowest BCUT2D eigenvalue weighted by Gasteiger charge is -2.65. The Kier molecular flexibility index (Phi) is 1.50. The van der Waals surface area contributed by atoms with Crippen LogP contribution < -0.4 is 17.2 Å². The van der Waals surface area contributed by atoms with Gasteiger partial charge in [-0.3, -0.25) is 0 Å². The lowest BCUT2D eigenvalue weighted by Crippen LogP contribution is -2.78. The third kappa shape index (κ3) is 0.789. The van der Waals surface area contributed by atoms with Gasteiger partial charge in [-0.25, -0.2) is 0 Å². The topological polar surface area (TPSA) is 78.1 Å². The summed E-state index contributed by atoms with van der Waals surface area (Å²) < 4.78 is 0. The Labute approximate surface area is 67.3 Å². The maximum absolute atomic E-state index is 6.05. The van der Waals surface area contributed by atoms with E-state index in [4.69, 9.17) is 17.2 Å². The van der Waals surface area contributed by atoms with Crippen molar-refractivity contribution >= 4 is 0 Å². The van der Waals surface area contributed by atoms with E-state index in [1.165, 1.54) is 0 Å². The van der Waals surface area contributed by atoms with Gasteiger partial charge in [-0.1, -0.05) is 0 Å². The zero-order valence-electron chi connectivity index (χ0n) is 6.79. The van der Waals surface area contributed by atoms with Crippen molar-refractivity contribution in [2.75, 3.05) is 6.54 Å². The van der Waals surface area contributed by atoms with Gasteiger partial charge in [0, 0.05) is 11.6 Å². The van der Waals surface area contributed by atoms with E-state index in [0.717, 1.165) is 31.7 Å². The molecule has 64 valence electrons. The smallest absolute Gasteiger partial charge is 0.0342 e. The molecular formula is C8H17N3. The summed E-state index contributed by atoms with van der Waals surface area (Å²) in [5.41, 5.74) is 17.3. The van der Waals surface area contributed by atoms with E-state index in [1.54, 1.807) is 0 Å². The Morgan fingerprint density at radius 1 is 1.45 bits per heavy atom. The highest BCUT2D eigenvalue weighted by Gasteiger charge is 2.61. The lowest BCUT2D eigenvalue weighted by atomic mass is 9.45. The quantitative estimate of drug-likeness (QED) is 0.498. The monoisotopic (exact) mass is 155 g/mol. The molecule has 2 aliphatic carbocycles. The Morgan fingerprint density at radius 2 is 2.18 bits per heavy atom. The molecule has 11 heavy (non-hydrogen) atoms. The van der Waals surface area contributed by atoms with Gasteiger partial charge >= 0.3 is 0 Å². The molecule has 6 N–H and O–H groups in total. The van der Waals surface area contributed by atoms with Crippen LogP contribution in [0.5, 0.6) is 0 Å². The highest BCUT2D eigenvalue weighted by molar-refractivity contribution is 5.20. The summed E-state index contributed by atoms with van der Waals surface area (Å²) in [5.74, 6) is 1.48. The molecule has 4 unspecified atom stereocenters. The van der Waals surface area contributed by atoms with E-state index in [0.29, 0.717) is 5.92 Å². The van der Waals surface area contributed by atoms with Gasteiger partial charge in [-0.05, 0) is 37.6 Å². The summed E-state index contributed by atoms with van der Waals surface area (Å²) in [4.78, 5) is 0. The van der Waals surface area contributed by atoms with E-state index >= 15 is 0 Å². The lowest BCUT2D eigenvalue weighted by molar-refractivity contribution is -0.0778. The second kappa shape index (κ2) is 2.19. The maximum atomic E-state index is 6.05. The first-order chi connectivity index (χ1) is 5.18. The average molecular weight is 155 g/mol. The largest absolute Gasteiger partial charge is 0.330 e. The van der Waals surface area contributed by atoms with Crippen LogP contribution in [0.15, 0.2) is 0 Å². The summed E-state index contributed by atoms with van der Waals surface area (Å²) in [6.07, 6.45) is 3.37. The predicted octanol–water partition coefficient (Wildman–Crippen LogP) is -0.600. The SMILES string of the molecule is NCCC1CC2(N)C(N)CC12. The van der Waals surface area contributed by atoms with Crippen LogP contribution in [0.1, 0.15) is 19.3 Å². The molecule has 2 aliphatic rings. The first-order valence-corrected chi connectivity index (χ1v) is 4.43. The van der Waals surface area contributed by atoms with Crippen LogP contribution in [0.2, 0.25) is 0 Å². The zero-order chi connectivity index (χ0) is 8.06. The van der Waals surface area contributed by atoms with Crippen LogP contribution in [0.3, 0.4) is 0 Å². The van der Waals surface area contributed by atoms with Gasteiger partial charge in [0.05, 0.1) is 0 Å². The number of nitrogens with two attached hydrogens (primary N) is 3. The van der Waals surface area contributed by atoms with Gasteiger partial charge in [0.1, 0.15) is 0 Å². The van der Waals surface area contributed by atoms with Crippen molar-refractivity contribution in [2.45, 2.75) is 30.8 Å². The second-order valence-corrected chi connectivity index (χ2v) is 4.10. The van der Waals surface area contributed by atoms with Gasteiger partial charge in [0.2, 0.25) is 0 Å². The van der Waals surface area contributed by atoms with Gasteiger partial charge in [-0.15, -0.1) is 0 Å². The number of hydrogen-bond acceptors (Lipinski definition) is 3. The van der Waals surface area contributed by atoms with E-state index in [9.17, 15) is 0 Å². The summed E-state index contributed by atoms with van der Waals surface area (Å²) >= 11 is 0. The van der Waals surface area contributed by atoms with Crippen LogP contribution in [-0.2, 0) is 0 Å². The van der Waals surface area contributed by atoms with E-state index in [1.807, 2.05) is 0 Å².